The summed E-state index contributed by atoms with van der Waals surface area (Å²) in [5.41, 5.74) is 2.40. The summed E-state index contributed by atoms with van der Waals surface area (Å²) >= 11 is 0. The van der Waals surface area contributed by atoms with E-state index in [0.29, 0.717) is 33.8 Å². The topological polar surface area (TPSA) is 88.6 Å². The van der Waals surface area contributed by atoms with E-state index >= 15 is 8.78 Å². The van der Waals surface area contributed by atoms with E-state index in [0.717, 1.165) is 0 Å². The predicted molar refractivity (Wildman–Crippen MR) is 126 cm³/mol. The quantitative estimate of drug-likeness (QED) is 0.382. The van der Waals surface area contributed by atoms with E-state index in [1.807, 2.05) is 12.1 Å². The number of benzene rings is 3. The van der Waals surface area contributed by atoms with Gasteiger partial charge in [-0.05, 0) is 72.6 Å². The van der Waals surface area contributed by atoms with Crippen molar-refractivity contribution in [2.24, 2.45) is 0 Å². The number of anilines is 4. The molecule has 0 aliphatic rings. The number of aromatic nitrogens is 2. The molecule has 6 nitrogen and oxygen atoms in total. The minimum Gasteiger partial charge on any atom is -0.324 e. The number of hydrogen-bond acceptors (Lipinski definition) is 6. The molecule has 0 unspecified atom stereocenters. The number of nitriles is 2. The molecule has 0 spiro atoms. The highest BCUT2D eigenvalue weighted by molar-refractivity contribution is 5.71. The summed E-state index contributed by atoms with van der Waals surface area (Å²) in [4.78, 5) is 10.0. The van der Waals surface area contributed by atoms with Crippen LogP contribution in [0.3, 0.4) is 0 Å². The van der Waals surface area contributed by atoms with Crippen LogP contribution in [0.25, 0.3) is 11.1 Å². The lowest BCUT2D eigenvalue weighted by Crippen LogP contribution is -2.20. The lowest BCUT2D eigenvalue weighted by Gasteiger charge is -2.24. The molecule has 4 rings (SSSR count). The second-order valence-electron chi connectivity index (χ2n) is 7.27. The van der Waals surface area contributed by atoms with E-state index in [-0.39, 0.29) is 18.2 Å². The van der Waals surface area contributed by atoms with Gasteiger partial charge in [0.2, 0.25) is 5.95 Å². The Kier molecular flexibility index (Phi) is 6.42. The van der Waals surface area contributed by atoms with E-state index < -0.39 is 11.6 Å². The van der Waals surface area contributed by atoms with Crippen LogP contribution in [-0.2, 0) is 0 Å². The molecule has 0 aliphatic carbocycles. The predicted octanol–water partition coefficient (Wildman–Crippen LogP) is 6.07. The maximum Gasteiger partial charge on any atom is 0.229 e. The standard InChI is InChI=1S/C26H18F2N6/c1-2-34(24-11-12-31-26(33-24)32-21-9-5-18(16-30)6-10-21)25-22(27)13-20(14-23(25)28)19-7-3-17(15-29)4-8-19/h3-14H,2H2,1H3,(H,31,32,33). The third-order valence-electron chi connectivity index (χ3n) is 5.14. The van der Waals surface area contributed by atoms with Crippen molar-refractivity contribution in [3.8, 4) is 23.3 Å². The molecule has 166 valence electrons. The molecule has 0 atom stereocenters. The van der Waals surface area contributed by atoms with Crippen LogP contribution in [0.5, 0.6) is 0 Å². The molecule has 34 heavy (non-hydrogen) atoms. The number of nitrogens with one attached hydrogen (secondary N) is 1. The third-order valence-corrected chi connectivity index (χ3v) is 5.14. The summed E-state index contributed by atoms with van der Waals surface area (Å²) in [7, 11) is 0. The molecular weight excluding hydrogens is 434 g/mol. The first-order valence-electron chi connectivity index (χ1n) is 10.4. The average Bonchev–Trinajstić information content (AvgIpc) is 2.86. The van der Waals surface area contributed by atoms with E-state index in [4.69, 9.17) is 10.5 Å². The zero-order valence-corrected chi connectivity index (χ0v) is 18.1. The van der Waals surface area contributed by atoms with E-state index in [9.17, 15) is 0 Å². The first kappa shape index (κ1) is 22.4. The van der Waals surface area contributed by atoms with E-state index in [1.165, 1.54) is 23.2 Å². The number of hydrogen-bond donors (Lipinski definition) is 1. The van der Waals surface area contributed by atoms with Gasteiger partial charge in [0.1, 0.15) is 11.5 Å². The summed E-state index contributed by atoms with van der Waals surface area (Å²) in [6.45, 7) is 2.03. The second kappa shape index (κ2) is 9.76. The minimum atomic E-state index is -0.735. The normalized spacial score (nSPS) is 10.3. The largest absolute Gasteiger partial charge is 0.324 e. The van der Waals surface area contributed by atoms with Gasteiger partial charge in [0.05, 0.1) is 23.3 Å². The van der Waals surface area contributed by atoms with Crippen LogP contribution >= 0.6 is 0 Å². The van der Waals surface area contributed by atoms with Crippen molar-refractivity contribution in [2.75, 3.05) is 16.8 Å². The van der Waals surface area contributed by atoms with Crippen LogP contribution in [0.15, 0.2) is 72.9 Å². The first-order valence-corrected chi connectivity index (χ1v) is 10.4. The molecule has 1 heterocycles. The van der Waals surface area contributed by atoms with Crippen molar-refractivity contribution in [3.63, 3.8) is 0 Å². The van der Waals surface area contributed by atoms with Crippen LogP contribution in [-0.4, -0.2) is 16.5 Å². The van der Waals surface area contributed by atoms with Gasteiger partial charge in [-0.25, -0.2) is 13.8 Å². The molecule has 0 aliphatic heterocycles. The van der Waals surface area contributed by atoms with Crippen LogP contribution < -0.4 is 10.2 Å². The Labute approximate surface area is 195 Å². The lowest BCUT2D eigenvalue weighted by molar-refractivity contribution is 0.581. The Bertz CT molecular complexity index is 1380. The van der Waals surface area contributed by atoms with E-state index in [2.05, 4.69) is 15.3 Å². The highest BCUT2D eigenvalue weighted by atomic mass is 19.1. The summed E-state index contributed by atoms with van der Waals surface area (Å²) in [5, 5.41) is 20.9. The second-order valence-corrected chi connectivity index (χ2v) is 7.27. The summed E-state index contributed by atoms with van der Waals surface area (Å²) in [5.74, 6) is -0.906. The number of nitrogens with zero attached hydrogens (tertiary/aromatic N) is 5. The zero-order valence-electron chi connectivity index (χ0n) is 18.1. The van der Waals surface area contributed by atoms with Crippen molar-refractivity contribution in [2.45, 2.75) is 6.92 Å². The highest BCUT2D eigenvalue weighted by Gasteiger charge is 2.20. The number of rotatable bonds is 6. The zero-order chi connectivity index (χ0) is 24.1. The van der Waals surface area contributed by atoms with Gasteiger partial charge < -0.3 is 10.2 Å². The SMILES string of the molecule is CCN(c1ccnc(Nc2ccc(C#N)cc2)n1)c1c(F)cc(-c2ccc(C#N)cc2)cc1F. The molecule has 4 aromatic rings. The maximum atomic E-state index is 15.2. The molecule has 0 bridgehead atoms. The molecule has 0 fully saturated rings. The van der Waals surface area contributed by atoms with Gasteiger partial charge in [-0.2, -0.15) is 15.5 Å². The van der Waals surface area contributed by atoms with Gasteiger partial charge in [-0.1, -0.05) is 12.1 Å². The molecular formula is C26H18F2N6. The van der Waals surface area contributed by atoms with Gasteiger partial charge in [0.15, 0.2) is 11.6 Å². The van der Waals surface area contributed by atoms with Crippen LogP contribution in [0.4, 0.5) is 31.9 Å². The Hall–Kier alpha value is -4.82. The Morgan fingerprint density at radius 2 is 1.44 bits per heavy atom. The summed E-state index contributed by atoms with van der Waals surface area (Å²) in [6.07, 6.45) is 1.50. The monoisotopic (exact) mass is 452 g/mol. The molecule has 1 N–H and O–H groups in total. The van der Waals surface area contributed by atoms with Gasteiger partial charge in [-0.15, -0.1) is 0 Å². The fraction of sp³-hybridized carbons (Fsp3) is 0.0769. The highest BCUT2D eigenvalue weighted by Crippen LogP contribution is 2.33. The van der Waals surface area contributed by atoms with Crippen LogP contribution in [0.1, 0.15) is 18.1 Å². The van der Waals surface area contributed by atoms with Crippen molar-refractivity contribution in [3.05, 3.63) is 95.7 Å². The molecule has 8 heteroatoms. The number of halogens is 2. The van der Waals surface area contributed by atoms with Gasteiger partial charge >= 0.3 is 0 Å². The van der Waals surface area contributed by atoms with Gasteiger partial charge in [0.25, 0.3) is 0 Å². The fourth-order valence-corrected chi connectivity index (χ4v) is 3.48. The minimum absolute atomic E-state index is 0.220. The van der Waals surface area contributed by atoms with Crippen molar-refractivity contribution in [1.82, 2.24) is 9.97 Å². The molecule has 1 aromatic heterocycles. The molecule has 0 amide bonds. The van der Waals surface area contributed by atoms with Gasteiger partial charge in [-0.3, -0.25) is 0 Å². The smallest absolute Gasteiger partial charge is 0.229 e. The van der Waals surface area contributed by atoms with E-state index in [1.54, 1.807) is 61.5 Å². The molecule has 0 saturated carbocycles. The molecule has 3 aromatic carbocycles. The van der Waals surface area contributed by atoms with Crippen molar-refractivity contribution >= 4 is 23.1 Å². The van der Waals surface area contributed by atoms with Crippen molar-refractivity contribution < 1.29 is 8.78 Å². The van der Waals surface area contributed by atoms with Gasteiger partial charge in [0, 0.05) is 18.4 Å². The van der Waals surface area contributed by atoms with Crippen LogP contribution in [0, 0.1) is 34.3 Å². The van der Waals surface area contributed by atoms with Crippen molar-refractivity contribution in [1.29, 1.82) is 10.5 Å². The molecule has 0 radical (unpaired) electrons. The average molecular weight is 452 g/mol. The lowest BCUT2D eigenvalue weighted by atomic mass is 10.0. The Morgan fingerprint density at radius 3 is 2.00 bits per heavy atom. The Morgan fingerprint density at radius 1 is 0.853 bits per heavy atom. The summed E-state index contributed by atoms with van der Waals surface area (Å²) in [6, 6.07) is 21.4. The Balaban J connectivity index is 1.64. The fourth-order valence-electron chi connectivity index (χ4n) is 3.48. The maximum absolute atomic E-state index is 15.2. The molecule has 0 saturated heterocycles. The first-order chi connectivity index (χ1) is 16.5. The third kappa shape index (κ3) is 4.67. The van der Waals surface area contributed by atoms with Crippen LogP contribution in [0.2, 0.25) is 0 Å². The summed E-state index contributed by atoms with van der Waals surface area (Å²) < 4.78 is 30.3.